The van der Waals surface area contributed by atoms with E-state index < -0.39 is 0 Å². The fourth-order valence-electron chi connectivity index (χ4n) is 2.40. The van der Waals surface area contributed by atoms with Crippen LogP contribution in [-0.2, 0) is 0 Å². The Hall–Kier alpha value is -1.42. The molecule has 1 heterocycles. The first-order chi connectivity index (χ1) is 9.24. The van der Waals surface area contributed by atoms with E-state index in [1.54, 1.807) is 0 Å². The molecule has 1 aromatic carbocycles. The molecule has 0 amide bonds. The molecule has 1 fully saturated rings. The van der Waals surface area contributed by atoms with E-state index in [0.29, 0.717) is 19.3 Å². The average Bonchev–Trinajstić information content (AvgIpc) is 2.41. The van der Waals surface area contributed by atoms with E-state index in [1.807, 2.05) is 19.9 Å². The first-order valence-corrected chi connectivity index (χ1v) is 7.12. The predicted octanol–water partition coefficient (Wildman–Crippen LogP) is 2.28. The highest BCUT2D eigenvalue weighted by molar-refractivity contribution is 5.56. The van der Waals surface area contributed by atoms with Crippen molar-refractivity contribution in [2.75, 3.05) is 37.7 Å². The number of hydrogen-bond acceptors (Lipinski definition) is 4. The lowest BCUT2D eigenvalue weighted by molar-refractivity contribution is 0.288. The number of rotatable bonds is 5. The molecule has 4 heteroatoms. The highest BCUT2D eigenvalue weighted by Gasteiger charge is 2.17. The minimum atomic E-state index is 0.524. The summed E-state index contributed by atoms with van der Waals surface area (Å²) >= 11 is 0. The van der Waals surface area contributed by atoms with Gasteiger partial charge in [0.1, 0.15) is 0 Å². The molecule has 4 nitrogen and oxygen atoms in total. The number of anilines is 1. The van der Waals surface area contributed by atoms with Crippen LogP contribution in [0.4, 0.5) is 5.69 Å². The summed E-state index contributed by atoms with van der Waals surface area (Å²) in [4.78, 5) is 2.39. The fraction of sp³-hybridized carbons (Fsp3) is 0.600. The van der Waals surface area contributed by atoms with E-state index in [9.17, 15) is 0 Å². The molecule has 0 aromatic heterocycles. The summed E-state index contributed by atoms with van der Waals surface area (Å²) in [6.07, 6.45) is 0. The highest BCUT2D eigenvalue weighted by atomic mass is 16.5. The van der Waals surface area contributed by atoms with E-state index >= 15 is 0 Å². The molecular formula is C15H24N2O2. The third kappa shape index (κ3) is 3.53. The van der Waals surface area contributed by atoms with Gasteiger partial charge in [-0.1, -0.05) is 0 Å². The summed E-state index contributed by atoms with van der Waals surface area (Å²) in [5.41, 5.74) is 1.21. The Kier molecular flexibility index (Phi) is 4.91. The van der Waals surface area contributed by atoms with Crippen LogP contribution in [0.2, 0.25) is 0 Å². The van der Waals surface area contributed by atoms with Gasteiger partial charge in [-0.3, -0.25) is 0 Å². The van der Waals surface area contributed by atoms with Crippen molar-refractivity contribution in [2.45, 2.75) is 26.8 Å². The fourth-order valence-corrected chi connectivity index (χ4v) is 2.40. The van der Waals surface area contributed by atoms with E-state index in [2.05, 4.69) is 29.3 Å². The van der Waals surface area contributed by atoms with Crippen molar-refractivity contribution in [1.29, 1.82) is 0 Å². The predicted molar refractivity (Wildman–Crippen MR) is 78.5 cm³/mol. The maximum Gasteiger partial charge on any atom is 0.163 e. The summed E-state index contributed by atoms with van der Waals surface area (Å²) in [6.45, 7) is 10.6. The third-order valence-electron chi connectivity index (χ3n) is 3.26. The van der Waals surface area contributed by atoms with Gasteiger partial charge in [-0.05, 0) is 32.9 Å². The number of piperazine rings is 1. The molecule has 1 saturated heterocycles. The Morgan fingerprint density at radius 3 is 2.63 bits per heavy atom. The Bertz CT molecular complexity index is 409. The minimum absolute atomic E-state index is 0.524. The smallest absolute Gasteiger partial charge is 0.163 e. The molecule has 2 rings (SSSR count). The second-order valence-electron chi connectivity index (χ2n) is 4.80. The molecule has 1 aliphatic rings. The second-order valence-corrected chi connectivity index (χ2v) is 4.80. The van der Waals surface area contributed by atoms with E-state index in [1.165, 1.54) is 5.69 Å². The van der Waals surface area contributed by atoms with Crippen LogP contribution in [0.1, 0.15) is 20.8 Å². The SMILES string of the molecule is CCOc1ccc(N2CCNC(C)C2)cc1OCC. The summed E-state index contributed by atoms with van der Waals surface area (Å²) in [7, 11) is 0. The quantitative estimate of drug-likeness (QED) is 0.884. The Morgan fingerprint density at radius 2 is 1.95 bits per heavy atom. The van der Waals surface area contributed by atoms with Gasteiger partial charge in [0.2, 0.25) is 0 Å². The summed E-state index contributed by atoms with van der Waals surface area (Å²) in [5, 5.41) is 3.46. The largest absolute Gasteiger partial charge is 0.490 e. The summed E-state index contributed by atoms with van der Waals surface area (Å²) < 4.78 is 11.3. The first kappa shape index (κ1) is 14.0. The number of benzene rings is 1. The molecule has 19 heavy (non-hydrogen) atoms. The number of nitrogens with one attached hydrogen (secondary N) is 1. The van der Waals surface area contributed by atoms with Gasteiger partial charge in [0.15, 0.2) is 11.5 Å². The highest BCUT2D eigenvalue weighted by Crippen LogP contribution is 2.32. The maximum atomic E-state index is 5.68. The monoisotopic (exact) mass is 264 g/mol. The van der Waals surface area contributed by atoms with Crippen molar-refractivity contribution in [3.05, 3.63) is 18.2 Å². The van der Waals surface area contributed by atoms with Crippen molar-refractivity contribution in [1.82, 2.24) is 5.32 Å². The molecule has 1 unspecified atom stereocenters. The van der Waals surface area contributed by atoms with Gasteiger partial charge in [-0.25, -0.2) is 0 Å². The Morgan fingerprint density at radius 1 is 1.21 bits per heavy atom. The zero-order chi connectivity index (χ0) is 13.7. The van der Waals surface area contributed by atoms with Crippen LogP contribution < -0.4 is 19.7 Å². The van der Waals surface area contributed by atoms with Gasteiger partial charge in [0, 0.05) is 37.4 Å². The summed E-state index contributed by atoms with van der Waals surface area (Å²) in [5.74, 6) is 1.67. The van der Waals surface area contributed by atoms with Crippen LogP contribution in [0.5, 0.6) is 11.5 Å². The van der Waals surface area contributed by atoms with Gasteiger partial charge in [-0.15, -0.1) is 0 Å². The molecule has 0 aliphatic carbocycles. The second kappa shape index (κ2) is 6.66. The first-order valence-electron chi connectivity index (χ1n) is 7.12. The molecule has 0 spiro atoms. The molecule has 0 radical (unpaired) electrons. The van der Waals surface area contributed by atoms with E-state index in [-0.39, 0.29) is 0 Å². The average molecular weight is 264 g/mol. The number of ether oxygens (including phenoxy) is 2. The van der Waals surface area contributed by atoms with Crippen LogP contribution >= 0.6 is 0 Å². The third-order valence-corrected chi connectivity index (χ3v) is 3.26. The van der Waals surface area contributed by atoms with Crippen molar-refractivity contribution in [2.24, 2.45) is 0 Å². The van der Waals surface area contributed by atoms with Crippen LogP contribution in [0, 0.1) is 0 Å². The lowest BCUT2D eigenvalue weighted by atomic mass is 10.2. The molecular weight excluding hydrogens is 240 g/mol. The van der Waals surface area contributed by atoms with Gasteiger partial charge < -0.3 is 19.7 Å². The van der Waals surface area contributed by atoms with Gasteiger partial charge >= 0.3 is 0 Å². The Balaban J connectivity index is 2.18. The lowest BCUT2D eigenvalue weighted by Crippen LogP contribution is -2.49. The molecule has 1 atom stereocenters. The normalized spacial score (nSPS) is 19.3. The molecule has 106 valence electrons. The van der Waals surface area contributed by atoms with Crippen LogP contribution in [0.15, 0.2) is 18.2 Å². The van der Waals surface area contributed by atoms with Crippen LogP contribution in [0.3, 0.4) is 0 Å². The molecule has 0 saturated carbocycles. The zero-order valence-corrected chi connectivity index (χ0v) is 12.1. The number of nitrogens with zero attached hydrogens (tertiary/aromatic N) is 1. The number of hydrogen-bond donors (Lipinski definition) is 1. The van der Waals surface area contributed by atoms with E-state index in [0.717, 1.165) is 31.1 Å². The molecule has 0 bridgehead atoms. The van der Waals surface area contributed by atoms with Crippen molar-refractivity contribution in [3.63, 3.8) is 0 Å². The maximum absolute atomic E-state index is 5.68. The summed E-state index contributed by atoms with van der Waals surface area (Å²) in [6, 6.07) is 6.74. The molecule has 1 aliphatic heterocycles. The topological polar surface area (TPSA) is 33.7 Å². The Labute approximate surface area is 115 Å². The lowest BCUT2D eigenvalue weighted by Gasteiger charge is -2.34. The van der Waals surface area contributed by atoms with Crippen molar-refractivity contribution >= 4 is 5.69 Å². The minimum Gasteiger partial charge on any atom is -0.490 e. The van der Waals surface area contributed by atoms with E-state index in [4.69, 9.17) is 9.47 Å². The van der Waals surface area contributed by atoms with Crippen LogP contribution in [-0.4, -0.2) is 38.9 Å². The standard InChI is InChI=1S/C15H24N2O2/c1-4-18-14-7-6-13(10-15(14)19-5-2)17-9-8-16-12(3)11-17/h6-7,10,12,16H,4-5,8-9,11H2,1-3H3. The van der Waals surface area contributed by atoms with Crippen molar-refractivity contribution in [3.8, 4) is 11.5 Å². The van der Waals surface area contributed by atoms with Gasteiger partial charge in [0.05, 0.1) is 13.2 Å². The van der Waals surface area contributed by atoms with Crippen molar-refractivity contribution < 1.29 is 9.47 Å². The molecule has 1 aromatic rings. The zero-order valence-electron chi connectivity index (χ0n) is 12.1. The van der Waals surface area contributed by atoms with Crippen LogP contribution in [0.25, 0.3) is 0 Å². The van der Waals surface area contributed by atoms with Gasteiger partial charge in [0.25, 0.3) is 0 Å². The van der Waals surface area contributed by atoms with Gasteiger partial charge in [-0.2, -0.15) is 0 Å². The molecule has 1 N–H and O–H groups in total.